The van der Waals surface area contributed by atoms with E-state index >= 15 is 0 Å². The Bertz CT molecular complexity index is 669. The highest BCUT2D eigenvalue weighted by Gasteiger charge is 2.06. The zero-order valence-electron chi connectivity index (χ0n) is 12.0. The summed E-state index contributed by atoms with van der Waals surface area (Å²) in [5, 5.41) is 14.5. The van der Waals surface area contributed by atoms with Crippen LogP contribution in [0.3, 0.4) is 0 Å². The van der Waals surface area contributed by atoms with E-state index in [0.717, 1.165) is 16.5 Å². The van der Waals surface area contributed by atoms with Gasteiger partial charge in [-0.15, -0.1) is 0 Å². The maximum absolute atomic E-state index is 13.2. The molecule has 0 radical (unpaired) electrons. The van der Waals surface area contributed by atoms with E-state index < -0.39 is 5.97 Å². The van der Waals surface area contributed by atoms with Gasteiger partial charge in [0.1, 0.15) is 5.82 Å². The number of amides is 2. The Morgan fingerprint density at radius 1 is 1.23 bits per heavy atom. The number of rotatable bonds is 7. The van der Waals surface area contributed by atoms with Crippen LogP contribution in [0.4, 0.5) is 9.18 Å². The van der Waals surface area contributed by atoms with Crippen LogP contribution in [0.15, 0.2) is 24.4 Å². The summed E-state index contributed by atoms with van der Waals surface area (Å²) in [5.74, 6) is -1.17. The number of carboxylic acid groups (broad SMARTS) is 1. The van der Waals surface area contributed by atoms with Crippen LogP contribution in [-0.4, -0.2) is 35.2 Å². The van der Waals surface area contributed by atoms with E-state index in [2.05, 4.69) is 15.6 Å². The molecule has 0 fully saturated rings. The second-order valence-corrected chi connectivity index (χ2v) is 4.93. The van der Waals surface area contributed by atoms with Gasteiger partial charge in [-0.3, -0.25) is 4.79 Å². The van der Waals surface area contributed by atoms with E-state index in [1.165, 1.54) is 12.1 Å². The normalized spacial score (nSPS) is 10.6. The molecule has 0 saturated heterocycles. The summed E-state index contributed by atoms with van der Waals surface area (Å²) in [4.78, 5) is 24.9. The topological polar surface area (TPSA) is 94.2 Å². The first-order valence-electron chi connectivity index (χ1n) is 7.05. The molecule has 4 N–H and O–H groups in total. The molecule has 22 heavy (non-hydrogen) atoms. The third kappa shape index (κ3) is 4.47. The smallest absolute Gasteiger partial charge is 0.314 e. The lowest BCUT2D eigenvalue weighted by Gasteiger charge is -2.06. The Labute approximate surface area is 126 Å². The minimum atomic E-state index is -0.881. The minimum Gasteiger partial charge on any atom is -0.481 e. The number of carboxylic acids is 1. The van der Waals surface area contributed by atoms with Crippen LogP contribution in [0.5, 0.6) is 0 Å². The number of carbonyl (C=O) groups excluding carboxylic acids is 1. The van der Waals surface area contributed by atoms with Gasteiger partial charge in [-0.1, -0.05) is 0 Å². The monoisotopic (exact) mass is 307 g/mol. The summed E-state index contributed by atoms with van der Waals surface area (Å²) in [6.45, 7) is 0.727. The number of hydrogen-bond donors (Lipinski definition) is 4. The number of carbonyl (C=O) groups is 2. The summed E-state index contributed by atoms with van der Waals surface area (Å²) in [6.07, 6.45) is 2.80. The Kier molecular flexibility index (Phi) is 5.35. The molecule has 0 aliphatic carbocycles. The highest BCUT2D eigenvalue weighted by molar-refractivity contribution is 5.83. The third-order valence-corrected chi connectivity index (χ3v) is 3.26. The van der Waals surface area contributed by atoms with Crippen LogP contribution < -0.4 is 10.6 Å². The van der Waals surface area contributed by atoms with Crippen molar-refractivity contribution in [3.8, 4) is 0 Å². The largest absolute Gasteiger partial charge is 0.481 e. The van der Waals surface area contributed by atoms with Gasteiger partial charge in [0.15, 0.2) is 0 Å². The molecule has 0 aliphatic rings. The molecule has 0 saturated carbocycles. The standard InChI is InChI=1S/C15H18FN3O3/c16-11-3-4-13-12(8-11)10(9-19-13)5-7-18-15(22)17-6-1-2-14(20)21/h3-4,8-9,19H,1-2,5-7H2,(H,20,21)(H2,17,18,22). The van der Waals surface area contributed by atoms with Crippen molar-refractivity contribution < 1.29 is 19.1 Å². The quantitative estimate of drug-likeness (QED) is 0.589. The summed E-state index contributed by atoms with van der Waals surface area (Å²) in [5.41, 5.74) is 1.79. The van der Waals surface area contributed by atoms with Crippen molar-refractivity contribution in [3.05, 3.63) is 35.8 Å². The van der Waals surface area contributed by atoms with Crippen molar-refractivity contribution >= 4 is 22.9 Å². The number of aromatic amines is 1. The van der Waals surface area contributed by atoms with Crippen molar-refractivity contribution in [3.63, 3.8) is 0 Å². The maximum atomic E-state index is 13.2. The van der Waals surface area contributed by atoms with E-state index in [4.69, 9.17) is 5.11 Å². The van der Waals surface area contributed by atoms with Crippen LogP contribution >= 0.6 is 0 Å². The zero-order chi connectivity index (χ0) is 15.9. The van der Waals surface area contributed by atoms with Gasteiger partial charge in [0.05, 0.1) is 0 Å². The molecule has 2 aromatic rings. The van der Waals surface area contributed by atoms with Crippen molar-refractivity contribution in [1.82, 2.24) is 15.6 Å². The Morgan fingerprint density at radius 3 is 2.77 bits per heavy atom. The molecular formula is C15H18FN3O3. The molecule has 0 spiro atoms. The predicted molar refractivity (Wildman–Crippen MR) is 80.2 cm³/mol. The first-order chi connectivity index (χ1) is 10.6. The second-order valence-electron chi connectivity index (χ2n) is 4.93. The van der Waals surface area contributed by atoms with Crippen LogP contribution in [0.25, 0.3) is 10.9 Å². The van der Waals surface area contributed by atoms with Crippen LogP contribution in [-0.2, 0) is 11.2 Å². The number of aliphatic carboxylic acids is 1. The number of aromatic nitrogens is 1. The van der Waals surface area contributed by atoms with Gasteiger partial charge in [0.2, 0.25) is 0 Å². The van der Waals surface area contributed by atoms with Crippen LogP contribution in [0, 0.1) is 5.82 Å². The molecule has 2 rings (SSSR count). The van der Waals surface area contributed by atoms with Gasteiger partial charge < -0.3 is 20.7 Å². The molecule has 1 aromatic heterocycles. The summed E-state index contributed by atoms with van der Waals surface area (Å²) < 4.78 is 13.2. The zero-order valence-corrected chi connectivity index (χ0v) is 12.0. The number of hydrogen-bond acceptors (Lipinski definition) is 2. The Hall–Kier alpha value is -2.57. The first kappa shape index (κ1) is 15.8. The fraction of sp³-hybridized carbons (Fsp3) is 0.333. The van der Waals surface area contributed by atoms with Crippen LogP contribution in [0.1, 0.15) is 18.4 Å². The van der Waals surface area contributed by atoms with Crippen molar-refractivity contribution in [2.24, 2.45) is 0 Å². The van der Waals surface area contributed by atoms with Crippen LogP contribution in [0.2, 0.25) is 0 Å². The van der Waals surface area contributed by atoms with Gasteiger partial charge in [-0.2, -0.15) is 0 Å². The molecule has 0 bridgehead atoms. The van der Waals surface area contributed by atoms with Gasteiger partial charge in [-0.25, -0.2) is 9.18 Å². The molecule has 2 amide bonds. The number of nitrogens with one attached hydrogen (secondary N) is 3. The van der Waals surface area contributed by atoms with E-state index in [1.54, 1.807) is 12.3 Å². The summed E-state index contributed by atoms with van der Waals surface area (Å²) in [6, 6.07) is 4.20. The molecule has 0 atom stereocenters. The molecule has 0 unspecified atom stereocenters. The highest BCUT2D eigenvalue weighted by atomic mass is 19.1. The average molecular weight is 307 g/mol. The lowest BCUT2D eigenvalue weighted by Crippen LogP contribution is -2.37. The van der Waals surface area contributed by atoms with E-state index in [-0.39, 0.29) is 18.3 Å². The predicted octanol–water partition coefficient (Wildman–Crippen LogP) is 2.01. The summed E-state index contributed by atoms with van der Waals surface area (Å²) >= 11 is 0. The maximum Gasteiger partial charge on any atom is 0.314 e. The minimum absolute atomic E-state index is 0.0290. The third-order valence-electron chi connectivity index (χ3n) is 3.26. The number of urea groups is 1. The van der Waals surface area contributed by atoms with Crippen molar-refractivity contribution in [2.75, 3.05) is 13.1 Å². The highest BCUT2D eigenvalue weighted by Crippen LogP contribution is 2.19. The van der Waals surface area contributed by atoms with Crippen molar-refractivity contribution in [2.45, 2.75) is 19.3 Å². The van der Waals surface area contributed by atoms with Gasteiger partial charge in [0, 0.05) is 36.6 Å². The molecule has 6 nitrogen and oxygen atoms in total. The Morgan fingerprint density at radius 2 is 2.00 bits per heavy atom. The van der Waals surface area contributed by atoms with Crippen molar-refractivity contribution in [1.29, 1.82) is 0 Å². The first-order valence-corrected chi connectivity index (χ1v) is 7.05. The molecule has 1 heterocycles. The van der Waals surface area contributed by atoms with E-state index in [0.29, 0.717) is 25.9 Å². The lowest BCUT2D eigenvalue weighted by molar-refractivity contribution is -0.137. The van der Waals surface area contributed by atoms with E-state index in [9.17, 15) is 14.0 Å². The van der Waals surface area contributed by atoms with E-state index in [1.807, 2.05) is 0 Å². The molecule has 7 heteroatoms. The lowest BCUT2D eigenvalue weighted by atomic mass is 10.1. The van der Waals surface area contributed by atoms with Gasteiger partial charge >= 0.3 is 12.0 Å². The molecular weight excluding hydrogens is 289 g/mol. The molecule has 0 aliphatic heterocycles. The number of halogens is 1. The molecule has 118 valence electrons. The second kappa shape index (κ2) is 7.44. The number of fused-ring (bicyclic) bond motifs is 1. The fourth-order valence-electron chi connectivity index (χ4n) is 2.17. The Balaban J connectivity index is 1.74. The number of benzene rings is 1. The fourth-order valence-corrected chi connectivity index (χ4v) is 2.17. The van der Waals surface area contributed by atoms with Gasteiger partial charge in [-0.05, 0) is 36.6 Å². The van der Waals surface area contributed by atoms with Gasteiger partial charge in [0.25, 0.3) is 0 Å². The molecule has 1 aromatic carbocycles. The summed E-state index contributed by atoms with van der Waals surface area (Å²) in [7, 11) is 0. The SMILES string of the molecule is O=C(O)CCCNC(=O)NCCc1c[nH]c2ccc(F)cc12. The average Bonchev–Trinajstić information content (AvgIpc) is 2.86. The number of H-pyrrole nitrogens is 1.